The summed E-state index contributed by atoms with van der Waals surface area (Å²) in [6.07, 6.45) is 4.95. The van der Waals surface area contributed by atoms with Crippen LogP contribution in [0.1, 0.15) is 51.1 Å². The first-order chi connectivity index (χ1) is 9.63. The summed E-state index contributed by atoms with van der Waals surface area (Å²) in [5.74, 6) is 0.597. The molecule has 1 aromatic carbocycles. The largest absolute Gasteiger partial charge is 0.369 e. The van der Waals surface area contributed by atoms with Gasteiger partial charge in [0.05, 0.1) is 5.69 Å². The minimum Gasteiger partial charge on any atom is -0.369 e. The molecule has 1 saturated carbocycles. The van der Waals surface area contributed by atoms with Crippen LogP contribution in [0.3, 0.4) is 0 Å². The maximum Gasteiger partial charge on any atom is 0.146 e. The van der Waals surface area contributed by atoms with Gasteiger partial charge in [-0.15, -0.1) is 0 Å². The van der Waals surface area contributed by atoms with Crippen LogP contribution in [0.4, 0.5) is 10.1 Å². The first-order valence-electron chi connectivity index (χ1n) is 7.94. The number of hydrogen-bond acceptors (Lipinski definition) is 2. The first-order valence-corrected chi connectivity index (χ1v) is 7.94. The second kappa shape index (κ2) is 5.72. The van der Waals surface area contributed by atoms with Crippen molar-refractivity contribution < 1.29 is 4.39 Å². The van der Waals surface area contributed by atoms with Gasteiger partial charge in [0.25, 0.3) is 0 Å². The van der Waals surface area contributed by atoms with E-state index >= 15 is 0 Å². The van der Waals surface area contributed by atoms with Crippen molar-refractivity contribution in [3.8, 4) is 0 Å². The summed E-state index contributed by atoms with van der Waals surface area (Å²) in [4.78, 5) is 2.20. The van der Waals surface area contributed by atoms with Gasteiger partial charge in [0.2, 0.25) is 0 Å². The normalized spacial score (nSPS) is 24.8. The van der Waals surface area contributed by atoms with E-state index in [-0.39, 0.29) is 11.9 Å². The Morgan fingerprint density at radius 2 is 2.10 bits per heavy atom. The average molecular weight is 276 g/mol. The predicted octanol–water partition coefficient (Wildman–Crippen LogP) is 3.88. The number of piperidine rings is 1. The minimum absolute atomic E-state index is 0.0685. The van der Waals surface area contributed by atoms with Crippen LogP contribution in [0, 0.1) is 11.7 Å². The van der Waals surface area contributed by atoms with Gasteiger partial charge in [-0.1, -0.05) is 13.0 Å². The molecule has 3 heteroatoms. The molecule has 20 heavy (non-hydrogen) atoms. The molecule has 1 heterocycles. The first kappa shape index (κ1) is 13.9. The maximum absolute atomic E-state index is 14.4. The lowest BCUT2D eigenvalue weighted by Crippen LogP contribution is -2.34. The van der Waals surface area contributed by atoms with Gasteiger partial charge in [-0.2, -0.15) is 0 Å². The maximum atomic E-state index is 14.4. The average Bonchev–Trinajstić information content (AvgIpc) is 3.22. The van der Waals surface area contributed by atoms with Crippen molar-refractivity contribution in [3.63, 3.8) is 0 Å². The SMILES string of the molecule is C[C@@H]1CCCN(c2ccc([C@H](C)NC3CC3)cc2F)C1. The number of anilines is 1. The molecule has 0 amide bonds. The van der Waals surface area contributed by atoms with E-state index in [9.17, 15) is 4.39 Å². The second-order valence-corrected chi connectivity index (χ2v) is 6.57. The summed E-state index contributed by atoms with van der Waals surface area (Å²) < 4.78 is 14.4. The summed E-state index contributed by atoms with van der Waals surface area (Å²) in [7, 11) is 0. The van der Waals surface area contributed by atoms with Crippen molar-refractivity contribution in [3.05, 3.63) is 29.6 Å². The summed E-state index contributed by atoms with van der Waals surface area (Å²) in [5, 5.41) is 3.52. The van der Waals surface area contributed by atoms with Crippen molar-refractivity contribution in [2.45, 2.75) is 51.6 Å². The molecule has 0 bridgehead atoms. The summed E-state index contributed by atoms with van der Waals surface area (Å²) in [6.45, 7) is 6.33. The number of nitrogens with one attached hydrogen (secondary N) is 1. The van der Waals surface area contributed by atoms with E-state index in [2.05, 4.69) is 30.1 Å². The van der Waals surface area contributed by atoms with Gasteiger partial charge in [0.15, 0.2) is 0 Å². The van der Waals surface area contributed by atoms with E-state index in [1.165, 1.54) is 25.7 Å². The Kier molecular flexibility index (Phi) is 3.97. The van der Waals surface area contributed by atoms with Gasteiger partial charge < -0.3 is 10.2 Å². The van der Waals surface area contributed by atoms with Crippen molar-refractivity contribution in [2.75, 3.05) is 18.0 Å². The van der Waals surface area contributed by atoms with Crippen molar-refractivity contribution in [1.29, 1.82) is 0 Å². The fourth-order valence-electron chi connectivity index (χ4n) is 3.16. The Balaban J connectivity index is 1.72. The highest BCUT2D eigenvalue weighted by Crippen LogP contribution is 2.29. The molecule has 3 rings (SSSR count). The van der Waals surface area contributed by atoms with Crippen LogP contribution in [0.5, 0.6) is 0 Å². The van der Waals surface area contributed by atoms with Gasteiger partial charge in [-0.05, 0) is 56.2 Å². The quantitative estimate of drug-likeness (QED) is 0.898. The van der Waals surface area contributed by atoms with Crippen LogP contribution < -0.4 is 10.2 Å². The summed E-state index contributed by atoms with van der Waals surface area (Å²) in [6, 6.07) is 6.65. The van der Waals surface area contributed by atoms with Crippen LogP contribution in [0.15, 0.2) is 18.2 Å². The van der Waals surface area contributed by atoms with Crippen LogP contribution in [0.2, 0.25) is 0 Å². The fraction of sp³-hybridized carbons (Fsp3) is 0.647. The van der Waals surface area contributed by atoms with Crippen LogP contribution in [-0.2, 0) is 0 Å². The van der Waals surface area contributed by atoms with Gasteiger partial charge in [-0.25, -0.2) is 4.39 Å². The van der Waals surface area contributed by atoms with E-state index in [0.29, 0.717) is 12.0 Å². The Morgan fingerprint density at radius 3 is 2.75 bits per heavy atom. The molecule has 1 aliphatic heterocycles. The Bertz CT molecular complexity index is 470. The van der Waals surface area contributed by atoms with E-state index in [1.54, 1.807) is 6.07 Å². The number of rotatable bonds is 4. The third-order valence-electron chi connectivity index (χ3n) is 4.53. The topological polar surface area (TPSA) is 15.3 Å². The number of halogens is 1. The zero-order valence-corrected chi connectivity index (χ0v) is 12.5. The number of benzene rings is 1. The highest BCUT2D eigenvalue weighted by Gasteiger charge is 2.24. The lowest BCUT2D eigenvalue weighted by molar-refractivity contribution is 0.442. The van der Waals surface area contributed by atoms with Gasteiger partial charge >= 0.3 is 0 Å². The third-order valence-corrected chi connectivity index (χ3v) is 4.53. The van der Waals surface area contributed by atoms with Gasteiger partial charge in [0, 0.05) is 25.2 Å². The molecule has 1 saturated heterocycles. The monoisotopic (exact) mass is 276 g/mol. The summed E-state index contributed by atoms with van der Waals surface area (Å²) >= 11 is 0. The molecule has 0 spiro atoms. The Labute approximate surface area is 121 Å². The van der Waals surface area contributed by atoms with E-state index in [1.807, 2.05) is 6.07 Å². The second-order valence-electron chi connectivity index (χ2n) is 6.57. The lowest BCUT2D eigenvalue weighted by atomic mass is 9.99. The Hall–Kier alpha value is -1.09. The molecule has 2 aliphatic rings. The Morgan fingerprint density at radius 1 is 1.30 bits per heavy atom. The molecule has 1 N–H and O–H groups in total. The molecule has 2 atom stereocenters. The molecule has 0 radical (unpaired) electrons. The van der Waals surface area contributed by atoms with Crippen LogP contribution in [-0.4, -0.2) is 19.1 Å². The van der Waals surface area contributed by atoms with Crippen LogP contribution in [0.25, 0.3) is 0 Å². The van der Waals surface area contributed by atoms with Crippen molar-refractivity contribution in [1.82, 2.24) is 5.32 Å². The third kappa shape index (κ3) is 3.14. The van der Waals surface area contributed by atoms with E-state index in [0.717, 1.165) is 24.3 Å². The van der Waals surface area contributed by atoms with E-state index < -0.39 is 0 Å². The molecule has 0 aromatic heterocycles. The zero-order chi connectivity index (χ0) is 14.1. The van der Waals surface area contributed by atoms with E-state index in [4.69, 9.17) is 0 Å². The predicted molar refractivity (Wildman–Crippen MR) is 81.6 cm³/mol. The summed E-state index contributed by atoms with van der Waals surface area (Å²) in [5.41, 5.74) is 1.84. The molecule has 110 valence electrons. The van der Waals surface area contributed by atoms with Crippen molar-refractivity contribution in [2.24, 2.45) is 5.92 Å². The minimum atomic E-state index is -0.0685. The molecule has 2 nitrogen and oxygen atoms in total. The molecular weight excluding hydrogens is 251 g/mol. The highest BCUT2D eigenvalue weighted by molar-refractivity contribution is 5.50. The smallest absolute Gasteiger partial charge is 0.146 e. The van der Waals surface area contributed by atoms with Gasteiger partial charge in [0.1, 0.15) is 5.82 Å². The lowest BCUT2D eigenvalue weighted by Gasteiger charge is -2.33. The zero-order valence-electron chi connectivity index (χ0n) is 12.5. The molecule has 2 fully saturated rings. The molecular formula is C17H25FN2. The van der Waals surface area contributed by atoms with Crippen molar-refractivity contribution >= 4 is 5.69 Å². The number of nitrogens with zero attached hydrogens (tertiary/aromatic N) is 1. The molecule has 0 unspecified atom stereocenters. The number of hydrogen-bond donors (Lipinski definition) is 1. The molecule has 1 aliphatic carbocycles. The standard InChI is InChI=1S/C17H25FN2/c1-12-4-3-9-20(11-12)17-8-5-14(10-16(17)18)13(2)19-15-6-7-15/h5,8,10,12-13,15,19H,3-4,6-7,9,11H2,1-2H3/t12-,13+/m1/s1. The molecule has 1 aromatic rings. The fourth-order valence-corrected chi connectivity index (χ4v) is 3.16. The van der Waals surface area contributed by atoms with Gasteiger partial charge in [-0.3, -0.25) is 0 Å². The highest BCUT2D eigenvalue weighted by atomic mass is 19.1. The van der Waals surface area contributed by atoms with Crippen LogP contribution >= 0.6 is 0 Å².